The monoisotopic (exact) mass is 325 g/mol. The van der Waals surface area contributed by atoms with Crippen LogP contribution in [0.5, 0.6) is 0 Å². The Morgan fingerprint density at radius 1 is 1.25 bits per heavy atom. The maximum Gasteiger partial charge on any atom is 0.267 e. The smallest absolute Gasteiger partial charge is 0.267 e. The molecular weight excluding hydrogens is 298 g/mol. The number of nitriles is 1. The zero-order valence-electron chi connectivity index (χ0n) is 15.0. The van der Waals surface area contributed by atoms with Crippen LogP contribution in [-0.2, 0) is 4.79 Å². The SMILES string of the molecule is CC1CC(C)CN(/C=C(/C#N)C(=O)Nc2ccc(C(C)C)cc2)C1. The number of rotatable bonds is 4. The van der Waals surface area contributed by atoms with Gasteiger partial charge in [-0.25, -0.2) is 0 Å². The molecule has 1 N–H and O–H groups in total. The molecule has 0 aromatic heterocycles. The van der Waals surface area contributed by atoms with Crippen LogP contribution in [0.3, 0.4) is 0 Å². The van der Waals surface area contributed by atoms with Gasteiger partial charge in [-0.1, -0.05) is 39.8 Å². The normalized spacial score (nSPS) is 21.5. The summed E-state index contributed by atoms with van der Waals surface area (Å²) in [5.74, 6) is 1.27. The lowest BCUT2D eigenvalue weighted by Crippen LogP contribution is -2.35. The second-order valence-electron chi connectivity index (χ2n) is 7.29. The number of nitrogens with zero attached hydrogens (tertiary/aromatic N) is 2. The van der Waals surface area contributed by atoms with Crippen LogP contribution < -0.4 is 5.32 Å². The number of anilines is 1. The van der Waals surface area contributed by atoms with Crippen LogP contribution in [0.4, 0.5) is 5.69 Å². The molecule has 2 unspecified atom stereocenters. The number of piperidine rings is 1. The Morgan fingerprint density at radius 2 is 1.83 bits per heavy atom. The van der Waals surface area contributed by atoms with Crippen molar-refractivity contribution >= 4 is 11.6 Å². The topological polar surface area (TPSA) is 56.1 Å². The minimum absolute atomic E-state index is 0.157. The van der Waals surface area contributed by atoms with Crippen molar-refractivity contribution in [3.8, 4) is 6.07 Å². The van der Waals surface area contributed by atoms with E-state index in [1.165, 1.54) is 12.0 Å². The fourth-order valence-corrected chi connectivity index (χ4v) is 3.29. The number of carbonyl (C=O) groups is 1. The fourth-order valence-electron chi connectivity index (χ4n) is 3.29. The molecule has 2 atom stereocenters. The van der Waals surface area contributed by atoms with E-state index in [4.69, 9.17) is 0 Å². The van der Waals surface area contributed by atoms with Crippen molar-refractivity contribution in [3.05, 3.63) is 41.6 Å². The molecule has 1 aliphatic rings. The van der Waals surface area contributed by atoms with Gasteiger partial charge in [0.05, 0.1) is 0 Å². The van der Waals surface area contributed by atoms with Gasteiger partial charge >= 0.3 is 0 Å². The van der Waals surface area contributed by atoms with Gasteiger partial charge < -0.3 is 10.2 Å². The minimum Gasteiger partial charge on any atom is -0.376 e. The summed E-state index contributed by atoms with van der Waals surface area (Å²) in [6.07, 6.45) is 2.91. The van der Waals surface area contributed by atoms with Gasteiger partial charge in [-0.2, -0.15) is 5.26 Å². The molecule has 1 amide bonds. The molecule has 24 heavy (non-hydrogen) atoms. The quantitative estimate of drug-likeness (QED) is 0.669. The lowest BCUT2D eigenvalue weighted by atomic mass is 9.92. The third-order valence-corrected chi connectivity index (χ3v) is 4.41. The summed E-state index contributed by atoms with van der Waals surface area (Å²) >= 11 is 0. The van der Waals surface area contributed by atoms with E-state index in [-0.39, 0.29) is 11.5 Å². The van der Waals surface area contributed by atoms with Crippen LogP contribution in [0.15, 0.2) is 36.0 Å². The Hall–Kier alpha value is -2.28. The first kappa shape index (κ1) is 18.1. The van der Waals surface area contributed by atoms with E-state index in [9.17, 15) is 10.1 Å². The molecular formula is C20H27N3O. The summed E-state index contributed by atoms with van der Waals surface area (Å²) in [5.41, 5.74) is 2.09. The molecule has 0 radical (unpaired) electrons. The molecule has 1 aliphatic heterocycles. The van der Waals surface area contributed by atoms with Gasteiger partial charge in [-0.15, -0.1) is 0 Å². The predicted molar refractivity (Wildman–Crippen MR) is 97.4 cm³/mol. The molecule has 4 nitrogen and oxygen atoms in total. The number of nitrogens with one attached hydrogen (secondary N) is 1. The van der Waals surface area contributed by atoms with Gasteiger partial charge in [0.1, 0.15) is 11.6 Å². The summed E-state index contributed by atoms with van der Waals surface area (Å²) in [6.45, 7) is 10.5. The van der Waals surface area contributed by atoms with Crippen molar-refractivity contribution < 1.29 is 4.79 Å². The van der Waals surface area contributed by atoms with Crippen LogP contribution in [-0.4, -0.2) is 23.9 Å². The van der Waals surface area contributed by atoms with Gasteiger partial charge in [0.25, 0.3) is 5.91 Å². The molecule has 1 heterocycles. The Kier molecular flexibility index (Phi) is 6.03. The third kappa shape index (κ3) is 4.86. The first-order valence-corrected chi connectivity index (χ1v) is 8.66. The van der Waals surface area contributed by atoms with Gasteiger partial charge in [0.15, 0.2) is 0 Å². The van der Waals surface area contributed by atoms with Crippen molar-refractivity contribution in [3.63, 3.8) is 0 Å². The first-order valence-electron chi connectivity index (χ1n) is 8.66. The Balaban J connectivity index is 2.05. The van der Waals surface area contributed by atoms with E-state index in [1.807, 2.05) is 30.3 Å². The maximum absolute atomic E-state index is 12.4. The standard InChI is InChI=1S/C20H27N3O/c1-14(2)17-5-7-19(8-6-17)22-20(24)18(10-21)13-23-11-15(3)9-16(4)12-23/h5-8,13-16H,9,11-12H2,1-4H3,(H,22,24)/b18-13-. The van der Waals surface area contributed by atoms with Gasteiger partial charge in [-0.05, 0) is 41.9 Å². The molecule has 0 spiro atoms. The summed E-state index contributed by atoms with van der Waals surface area (Å²) in [5, 5.41) is 12.2. The molecule has 4 heteroatoms. The molecule has 2 rings (SSSR count). The van der Waals surface area contributed by atoms with Crippen LogP contribution >= 0.6 is 0 Å². The van der Waals surface area contributed by atoms with Crippen LogP contribution in [0.2, 0.25) is 0 Å². The average molecular weight is 325 g/mol. The van der Waals surface area contributed by atoms with Crippen molar-refractivity contribution in [1.29, 1.82) is 5.26 Å². The van der Waals surface area contributed by atoms with E-state index in [0.29, 0.717) is 23.4 Å². The zero-order valence-corrected chi connectivity index (χ0v) is 15.0. The first-order chi connectivity index (χ1) is 11.4. The van der Waals surface area contributed by atoms with Crippen molar-refractivity contribution in [2.75, 3.05) is 18.4 Å². The molecule has 0 saturated carbocycles. The second kappa shape index (κ2) is 8.01. The largest absolute Gasteiger partial charge is 0.376 e. The third-order valence-electron chi connectivity index (χ3n) is 4.41. The Labute approximate surface area is 145 Å². The maximum atomic E-state index is 12.4. The molecule has 128 valence electrons. The Bertz CT molecular complexity index is 630. The number of hydrogen-bond acceptors (Lipinski definition) is 3. The van der Waals surface area contributed by atoms with E-state index in [1.54, 1.807) is 6.20 Å². The fraction of sp³-hybridized carbons (Fsp3) is 0.500. The highest BCUT2D eigenvalue weighted by Crippen LogP contribution is 2.22. The highest BCUT2D eigenvalue weighted by Gasteiger charge is 2.21. The second-order valence-corrected chi connectivity index (χ2v) is 7.29. The van der Waals surface area contributed by atoms with Crippen molar-refractivity contribution in [1.82, 2.24) is 4.90 Å². The highest BCUT2D eigenvalue weighted by atomic mass is 16.1. The average Bonchev–Trinajstić information content (AvgIpc) is 2.52. The van der Waals surface area contributed by atoms with Crippen LogP contribution in [0.25, 0.3) is 0 Å². The number of carbonyl (C=O) groups excluding carboxylic acids is 1. The molecule has 1 aromatic rings. The van der Waals surface area contributed by atoms with Crippen LogP contribution in [0.1, 0.15) is 45.6 Å². The summed E-state index contributed by atoms with van der Waals surface area (Å²) in [7, 11) is 0. The van der Waals surface area contributed by atoms with Crippen molar-refractivity contribution in [2.24, 2.45) is 11.8 Å². The molecule has 1 aromatic carbocycles. The predicted octanol–water partition coefficient (Wildman–Crippen LogP) is 4.13. The number of hydrogen-bond donors (Lipinski definition) is 1. The number of benzene rings is 1. The lowest BCUT2D eigenvalue weighted by Gasteiger charge is -2.34. The lowest BCUT2D eigenvalue weighted by molar-refractivity contribution is -0.112. The van der Waals surface area contributed by atoms with E-state index in [0.717, 1.165) is 13.1 Å². The molecule has 0 bridgehead atoms. The Morgan fingerprint density at radius 3 is 2.33 bits per heavy atom. The van der Waals surface area contributed by atoms with E-state index >= 15 is 0 Å². The van der Waals surface area contributed by atoms with Gasteiger partial charge in [-0.3, -0.25) is 4.79 Å². The highest BCUT2D eigenvalue weighted by molar-refractivity contribution is 6.06. The molecule has 1 saturated heterocycles. The van der Waals surface area contributed by atoms with Gasteiger partial charge in [0.2, 0.25) is 0 Å². The van der Waals surface area contributed by atoms with Crippen molar-refractivity contribution in [2.45, 2.75) is 40.0 Å². The minimum atomic E-state index is -0.347. The zero-order chi connectivity index (χ0) is 17.7. The van der Waals surface area contributed by atoms with E-state index in [2.05, 4.69) is 37.9 Å². The van der Waals surface area contributed by atoms with E-state index < -0.39 is 0 Å². The summed E-state index contributed by atoms with van der Waals surface area (Å²) in [6, 6.07) is 9.81. The summed E-state index contributed by atoms with van der Waals surface area (Å²) < 4.78 is 0. The van der Waals surface area contributed by atoms with Gasteiger partial charge in [0, 0.05) is 25.0 Å². The molecule has 0 aliphatic carbocycles. The number of amides is 1. The van der Waals surface area contributed by atoms with Crippen LogP contribution in [0, 0.1) is 23.2 Å². The number of likely N-dealkylation sites (tertiary alicyclic amines) is 1. The summed E-state index contributed by atoms with van der Waals surface area (Å²) in [4.78, 5) is 14.5. The molecule has 1 fully saturated rings.